The quantitative estimate of drug-likeness (QED) is 0.0533. The molecule has 0 rings (SSSR count). The first-order chi connectivity index (χ1) is 58.8. The van der Waals surface area contributed by atoms with Gasteiger partial charge in [0.05, 0.1) is 0 Å². The summed E-state index contributed by atoms with van der Waals surface area (Å²) in [7, 11) is -24.4. The third-order valence-electron chi connectivity index (χ3n) is 34.9. The van der Waals surface area contributed by atoms with E-state index in [1.54, 1.807) is 173 Å². The Hall–Kier alpha value is 2.48. The molecule has 0 saturated carbocycles. The predicted molar refractivity (Wildman–Crippen MR) is 592 cm³/mol. The monoisotopic (exact) mass is 1880 g/mol. The van der Waals surface area contributed by atoms with Crippen LogP contribution >= 0.6 is 0 Å². The summed E-state index contributed by atoms with van der Waals surface area (Å²) in [6, 6.07) is 49.4. The molecule has 0 aliphatic carbocycles. The molecule has 0 aromatic rings. The van der Waals surface area contributed by atoms with E-state index in [1.165, 1.54) is 173 Å². The van der Waals surface area contributed by atoms with Crippen LogP contribution in [-0.4, -0.2) is 72.7 Å². The van der Waals surface area contributed by atoms with Gasteiger partial charge in [-0.2, -0.15) is 0 Å². The van der Waals surface area contributed by atoms with Crippen molar-refractivity contribution < 1.29 is 14.1 Å². The minimum absolute atomic E-state index is 0.703. The van der Waals surface area contributed by atoms with Gasteiger partial charge in [0.1, 0.15) is 0 Å². The zero-order chi connectivity index (χ0) is 90.9. The molecular weight excluding hydrogens is 1640 g/mol. The van der Waals surface area contributed by atoms with E-state index < -0.39 is 86.8 Å². The first-order valence-corrected chi connectivity index (χ1v) is 84.0. The molecule has 0 amide bonds. The molecule has 0 N–H and O–H groups in total. The van der Waals surface area contributed by atoms with Crippen LogP contribution in [0.1, 0.15) is 534 Å². The molecule has 0 nitrogen and oxygen atoms in total. The average Bonchev–Trinajstić information content (AvgIpc) is 0.619. The van der Waals surface area contributed by atoms with Crippen molar-refractivity contribution in [2.75, 3.05) is 0 Å². The van der Waals surface area contributed by atoms with Gasteiger partial charge in [-0.25, -0.2) is 0 Å². The van der Waals surface area contributed by atoms with Crippen molar-refractivity contribution in [2.45, 2.75) is 706 Å². The molecule has 0 aromatic heterocycles. The van der Waals surface area contributed by atoms with Crippen molar-refractivity contribution in [2.24, 2.45) is 0 Å². The number of unbranched alkanes of at least 4 members (excludes halogenated alkanes) is 27. The summed E-state index contributed by atoms with van der Waals surface area (Å²) in [5.74, 6) is 0. The topological polar surface area (TPSA) is 0 Å². The molecule has 726 valence electrons. The van der Waals surface area contributed by atoms with Crippen molar-refractivity contribution in [3.05, 3.63) is 0 Å². The summed E-state index contributed by atoms with van der Waals surface area (Å²) in [5, 5.41) is 0. The van der Waals surface area contributed by atoms with Crippen molar-refractivity contribution in [1.82, 2.24) is 0 Å². The van der Waals surface area contributed by atoms with Crippen LogP contribution in [0.5, 0.6) is 0 Å². The van der Waals surface area contributed by atoms with E-state index in [-0.39, 0.29) is 0 Å². The van der Waals surface area contributed by atoms with Gasteiger partial charge < -0.3 is 0 Å². The Balaban J connectivity index is 17.7. The third kappa shape index (κ3) is 31.8. The van der Waals surface area contributed by atoms with Crippen LogP contribution in [-0.2, 0) is 14.1 Å². The van der Waals surface area contributed by atoms with E-state index in [1.807, 2.05) is 163 Å². The van der Waals surface area contributed by atoms with Gasteiger partial charge in [-0.1, -0.05) is 0 Å². The molecule has 10 heteroatoms. The van der Waals surface area contributed by atoms with E-state index in [9.17, 15) is 0 Å². The summed E-state index contributed by atoms with van der Waals surface area (Å²) >= 11 is -2.33. The summed E-state index contributed by atoms with van der Waals surface area (Å²) in [6.45, 7) is 77.9. The molecular formula is C111H243CrSi9+3. The van der Waals surface area contributed by atoms with E-state index in [4.69, 9.17) is 0 Å². The Bertz CT molecular complexity index is 1620. The molecule has 121 heavy (non-hydrogen) atoms. The fraction of sp³-hybridized carbons (Fsp3) is 1.00. The van der Waals surface area contributed by atoms with Crippen LogP contribution in [0.2, 0.25) is 173 Å². The zero-order valence-corrected chi connectivity index (χ0v) is 101. The van der Waals surface area contributed by atoms with Gasteiger partial charge in [0.25, 0.3) is 0 Å². The van der Waals surface area contributed by atoms with E-state index in [0.717, 1.165) is 0 Å². The van der Waals surface area contributed by atoms with Gasteiger partial charge in [-0.15, -0.1) is 0 Å². The minimum atomic E-state index is -2.71. The van der Waals surface area contributed by atoms with Crippen LogP contribution in [0.25, 0.3) is 0 Å². The Morgan fingerprint density at radius 3 is 0.190 bits per heavy atom. The van der Waals surface area contributed by atoms with Gasteiger partial charge in [-0.05, 0) is 0 Å². The third-order valence-corrected chi connectivity index (χ3v) is 141. The van der Waals surface area contributed by atoms with Crippen molar-refractivity contribution in [3.63, 3.8) is 0 Å². The second kappa shape index (κ2) is 72.0. The molecule has 0 aliphatic heterocycles. The summed E-state index contributed by atoms with van der Waals surface area (Å²) < 4.78 is 2.11. The van der Waals surface area contributed by atoms with E-state index >= 15 is 0 Å². The molecule has 0 fully saturated rings. The second-order valence-electron chi connectivity index (χ2n) is 43.7. The van der Waals surface area contributed by atoms with Gasteiger partial charge in [0.2, 0.25) is 0 Å². The van der Waals surface area contributed by atoms with Crippen LogP contribution in [0, 0.1) is 0 Å². The fourth-order valence-corrected chi connectivity index (χ4v) is 195. The molecule has 0 aromatic carbocycles. The fourth-order valence-electron chi connectivity index (χ4n) is 29.7. The average molecular weight is 1880 g/mol. The summed E-state index contributed by atoms with van der Waals surface area (Å²) in [5.41, 5.74) is 0. The SMILES string of the molecule is CCCC[Si](CCCC)(CCCC)[C]([Cr+3]([C]([Si](CCCC)(CCCC)CCCC)([Si](CCCC)(CCCC)CCCC)[Si](CCCC)(CCCC)CCCC)[C]([Si](CCCC)(CCCC)CCCC)([Si](CCCC)(CCCC)CCCC)[Si](CCCC)(CCCC)CCCC)([Si](CCCC)(CCCC)CCCC)[Si](CCCC)(CCCC)CCCC. The summed E-state index contributed by atoms with van der Waals surface area (Å²) in [6.07, 6.45) is 83.6. The molecule has 0 saturated heterocycles. The Morgan fingerprint density at radius 1 is 0.0992 bits per heavy atom. The number of hydrogen-bond donors (Lipinski definition) is 0. The molecule has 0 radical (unpaired) electrons. The van der Waals surface area contributed by atoms with Gasteiger partial charge in [-0.3, -0.25) is 0 Å². The molecule has 0 atom stereocenters. The maximum absolute atomic E-state index is 2.89. The van der Waals surface area contributed by atoms with Crippen LogP contribution in [0.15, 0.2) is 0 Å². The van der Waals surface area contributed by atoms with Crippen LogP contribution in [0.4, 0.5) is 0 Å². The normalized spacial score (nSPS) is 13.6. The molecule has 0 spiro atoms. The first kappa shape index (κ1) is 123. The van der Waals surface area contributed by atoms with Gasteiger partial charge in [0.15, 0.2) is 0 Å². The molecule has 0 aliphatic rings. The van der Waals surface area contributed by atoms with E-state index in [2.05, 4.69) is 187 Å². The Morgan fingerprint density at radius 2 is 0.149 bits per heavy atom. The second-order valence-corrected chi connectivity index (χ2v) is 101. The van der Waals surface area contributed by atoms with Crippen LogP contribution < -0.4 is 0 Å². The van der Waals surface area contributed by atoms with Crippen molar-refractivity contribution in [1.29, 1.82) is 0 Å². The van der Waals surface area contributed by atoms with Gasteiger partial charge in [0, 0.05) is 0 Å². The van der Waals surface area contributed by atoms with Gasteiger partial charge >= 0.3 is 793 Å². The van der Waals surface area contributed by atoms with Crippen molar-refractivity contribution in [3.8, 4) is 0 Å². The Kier molecular flexibility index (Phi) is 73.4. The maximum atomic E-state index is 2.89. The molecule has 0 heterocycles. The molecule has 0 bridgehead atoms. The molecule has 0 unspecified atom stereocenters. The Labute approximate surface area is 786 Å². The zero-order valence-electron chi connectivity index (χ0n) is 90.7. The van der Waals surface area contributed by atoms with Crippen LogP contribution in [0.3, 0.4) is 0 Å². The van der Waals surface area contributed by atoms with E-state index in [0.29, 0.717) is 9.44 Å². The summed E-state index contributed by atoms with van der Waals surface area (Å²) in [4.78, 5) is 0. The number of hydrogen-bond acceptors (Lipinski definition) is 0. The van der Waals surface area contributed by atoms with Crippen molar-refractivity contribution >= 4 is 72.7 Å². The standard InChI is InChI=1S/3C37H81Si3.Cr/c3*1-10-19-28-38(29-20-11-2,30-21-12-3)37(39(31-22-13-4,32-23-14-5)33-24-15-6)40(34-25-16-7,35-26-17-8)36-27-18-9;/h3*10-36H2,1-9H3;/q;;;+3. The predicted octanol–water partition coefficient (Wildman–Crippen LogP) is 44.6. The first-order valence-electron chi connectivity index (χ1n) is 58.5. The number of rotatable bonds is 93.